The lowest BCUT2D eigenvalue weighted by Gasteiger charge is -2.14. The minimum absolute atomic E-state index is 0.0856. The predicted molar refractivity (Wildman–Crippen MR) is 95.1 cm³/mol. The number of carboxylic acid groups (broad SMARTS) is 1. The van der Waals surface area contributed by atoms with Crippen LogP contribution in [-0.2, 0) is 19.4 Å². The van der Waals surface area contributed by atoms with Gasteiger partial charge in [0.1, 0.15) is 21.6 Å². The number of ketones is 1. The SMILES string of the molecule is CCS(=O)(=O)CCC(NC(=O)CCC(=O)c1ccc(OC)cc1)C(=O)O. The molecule has 1 rings (SSSR count). The van der Waals surface area contributed by atoms with Crippen LogP contribution in [-0.4, -0.2) is 55.8 Å². The highest BCUT2D eigenvalue weighted by Gasteiger charge is 2.22. The highest BCUT2D eigenvalue weighted by atomic mass is 32.2. The number of sulfone groups is 1. The van der Waals surface area contributed by atoms with Gasteiger partial charge in [-0.1, -0.05) is 6.92 Å². The van der Waals surface area contributed by atoms with Gasteiger partial charge < -0.3 is 15.2 Å². The molecule has 0 spiro atoms. The van der Waals surface area contributed by atoms with Gasteiger partial charge in [0.2, 0.25) is 5.91 Å². The van der Waals surface area contributed by atoms with Crippen LogP contribution < -0.4 is 10.1 Å². The summed E-state index contributed by atoms with van der Waals surface area (Å²) in [5.74, 6) is -2.01. The first kappa shape index (κ1) is 21.6. The van der Waals surface area contributed by atoms with Crippen molar-refractivity contribution in [3.05, 3.63) is 29.8 Å². The molecule has 1 atom stereocenters. The third kappa shape index (κ3) is 7.22. The number of aliphatic carboxylic acids is 1. The maximum Gasteiger partial charge on any atom is 0.326 e. The number of carbonyl (C=O) groups is 3. The zero-order valence-corrected chi connectivity index (χ0v) is 15.5. The fourth-order valence-electron chi connectivity index (χ4n) is 2.11. The quantitative estimate of drug-likeness (QED) is 0.545. The number of ether oxygens (including phenoxy) is 1. The van der Waals surface area contributed by atoms with E-state index in [0.717, 1.165) is 0 Å². The first-order valence-corrected chi connectivity index (χ1v) is 9.90. The second kappa shape index (κ2) is 9.91. The predicted octanol–water partition coefficient (Wildman–Crippen LogP) is 1.05. The molecule has 0 aliphatic rings. The van der Waals surface area contributed by atoms with Gasteiger partial charge in [0.15, 0.2) is 5.78 Å². The lowest BCUT2D eigenvalue weighted by molar-refractivity contribution is -0.141. The zero-order chi connectivity index (χ0) is 19.7. The van der Waals surface area contributed by atoms with Crippen molar-refractivity contribution in [1.29, 1.82) is 0 Å². The van der Waals surface area contributed by atoms with Gasteiger partial charge in [0, 0.05) is 24.2 Å². The Kier molecular flexibility index (Phi) is 8.24. The molecule has 1 aromatic carbocycles. The van der Waals surface area contributed by atoms with E-state index in [1.54, 1.807) is 24.3 Å². The third-order valence-corrected chi connectivity index (χ3v) is 5.52. The molecule has 0 aromatic heterocycles. The number of methoxy groups -OCH3 is 1. The van der Waals surface area contributed by atoms with Gasteiger partial charge in [-0.15, -0.1) is 0 Å². The molecule has 0 saturated carbocycles. The van der Waals surface area contributed by atoms with Gasteiger partial charge in [0.05, 0.1) is 12.9 Å². The van der Waals surface area contributed by atoms with Gasteiger partial charge in [0.25, 0.3) is 0 Å². The fraction of sp³-hybridized carbons (Fsp3) is 0.471. The summed E-state index contributed by atoms with van der Waals surface area (Å²) in [4.78, 5) is 35.1. The Bertz CT molecular complexity index is 741. The van der Waals surface area contributed by atoms with Crippen molar-refractivity contribution in [3.8, 4) is 5.75 Å². The number of hydrogen-bond acceptors (Lipinski definition) is 6. The smallest absolute Gasteiger partial charge is 0.326 e. The summed E-state index contributed by atoms with van der Waals surface area (Å²) < 4.78 is 27.9. The molecule has 0 saturated heterocycles. The molecule has 1 unspecified atom stereocenters. The Morgan fingerprint density at radius 3 is 2.27 bits per heavy atom. The van der Waals surface area contributed by atoms with Gasteiger partial charge >= 0.3 is 5.97 Å². The van der Waals surface area contributed by atoms with Gasteiger partial charge in [-0.05, 0) is 30.7 Å². The molecule has 0 radical (unpaired) electrons. The van der Waals surface area contributed by atoms with Crippen molar-refractivity contribution in [1.82, 2.24) is 5.32 Å². The van der Waals surface area contributed by atoms with Gasteiger partial charge in [-0.25, -0.2) is 13.2 Å². The molecule has 0 aliphatic carbocycles. The van der Waals surface area contributed by atoms with Crippen LogP contribution in [0.15, 0.2) is 24.3 Å². The molecule has 8 nitrogen and oxygen atoms in total. The summed E-state index contributed by atoms with van der Waals surface area (Å²) in [6, 6.07) is 5.10. The Labute approximate surface area is 152 Å². The summed E-state index contributed by atoms with van der Waals surface area (Å²) in [6.07, 6.45) is -0.489. The zero-order valence-electron chi connectivity index (χ0n) is 14.7. The van der Waals surface area contributed by atoms with E-state index in [0.29, 0.717) is 11.3 Å². The molecule has 0 aliphatic heterocycles. The van der Waals surface area contributed by atoms with E-state index in [4.69, 9.17) is 9.84 Å². The highest BCUT2D eigenvalue weighted by Crippen LogP contribution is 2.13. The van der Waals surface area contributed by atoms with Crippen molar-refractivity contribution in [2.45, 2.75) is 32.2 Å². The normalized spacial score (nSPS) is 12.2. The Hall–Kier alpha value is -2.42. The van der Waals surface area contributed by atoms with Crippen molar-refractivity contribution in [2.75, 3.05) is 18.6 Å². The first-order chi connectivity index (χ1) is 12.2. The first-order valence-electron chi connectivity index (χ1n) is 8.08. The number of hydrogen-bond donors (Lipinski definition) is 2. The van der Waals surface area contributed by atoms with Crippen molar-refractivity contribution < 1.29 is 32.6 Å². The van der Waals surface area contributed by atoms with E-state index in [1.165, 1.54) is 14.0 Å². The number of rotatable bonds is 11. The van der Waals surface area contributed by atoms with Crippen molar-refractivity contribution >= 4 is 27.5 Å². The Morgan fingerprint density at radius 2 is 1.77 bits per heavy atom. The molecule has 1 amide bonds. The van der Waals surface area contributed by atoms with E-state index >= 15 is 0 Å². The summed E-state index contributed by atoms with van der Waals surface area (Å²) in [7, 11) is -1.82. The summed E-state index contributed by atoms with van der Waals surface area (Å²) in [6.45, 7) is 1.47. The average Bonchev–Trinajstić information content (AvgIpc) is 2.62. The van der Waals surface area contributed by atoms with E-state index in [2.05, 4.69) is 5.32 Å². The number of amides is 1. The van der Waals surface area contributed by atoms with Crippen LogP contribution in [0.5, 0.6) is 5.75 Å². The van der Waals surface area contributed by atoms with E-state index in [9.17, 15) is 22.8 Å². The standard InChI is InChI=1S/C17H23NO7S/c1-3-26(23,24)11-10-14(17(21)22)18-16(20)9-8-15(19)12-4-6-13(25-2)7-5-12/h4-7,14H,3,8-11H2,1-2H3,(H,18,20)(H,21,22). The summed E-state index contributed by atoms with van der Waals surface area (Å²) in [5.41, 5.74) is 0.419. The van der Waals surface area contributed by atoms with Crippen molar-refractivity contribution in [3.63, 3.8) is 0 Å². The number of Topliss-reactive ketones (excluding diaryl/α,β-unsaturated/α-hetero) is 1. The molecule has 0 fully saturated rings. The second-order valence-corrected chi connectivity index (χ2v) is 8.11. The van der Waals surface area contributed by atoms with E-state index in [-0.39, 0.29) is 36.6 Å². The molecule has 0 heterocycles. The molecular weight excluding hydrogens is 362 g/mol. The van der Waals surface area contributed by atoms with Crippen LogP contribution in [0, 0.1) is 0 Å². The minimum Gasteiger partial charge on any atom is -0.497 e. The van der Waals surface area contributed by atoms with Crippen LogP contribution in [0.3, 0.4) is 0 Å². The molecule has 2 N–H and O–H groups in total. The number of carbonyl (C=O) groups excluding carboxylic acids is 2. The lowest BCUT2D eigenvalue weighted by Crippen LogP contribution is -2.42. The second-order valence-electron chi connectivity index (χ2n) is 5.64. The van der Waals surface area contributed by atoms with Crippen LogP contribution in [0.2, 0.25) is 0 Å². The molecular formula is C17H23NO7S. The molecule has 0 bridgehead atoms. The van der Waals surface area contributed by atoms with Crippen LogP contribution in [0.1, 0.15) is 36.5 Å². The number of benzene rings is 1. The average molecular weight is 385 g/mol. The van der Waals surface area contributed by atoms with Gasteiger partial charge in [-0.3, -0.25) is 9.59 Å². The number of carboxylic acids is 1. The molecule has 1 aromatic rings. The van der Waals surface area contributed by atoms with Crippen molar-refractivity contribution in [2.24, 2.45) is 0 Å². The number of nitrogens with one attached hydrogen (secondary N) is 1. The molecule has 26 heavy (non-hydrogen) atoms. The highest BCUT2D eigenvalue weighted by molar-refractivity contribution is 7.91. The molecule has 9 heteroatoms. The van der Waals surface area contributed by atoms with E-state index in [1.807, 2.05) is 0 Å². The van der Waals surface area contributed by atoms with E-state index < -0.39 is 27.8 Å². The third-order valence-electron chi connectivity index (χ3n) is 3.78. The monoisotopic (exact) mass is 385 g/mol. The lowest BCUT2D eigenvalue weighted by atomic mass is 10.1. The Balaban J connectivity index is 2.54. The summed E-state index contributed by atoms with van der Waals surface area (Å²) >= 11 is 0. The topological polar surface area (TPSA) is 127 Å². The van der Waals surface area contributed by atoms with Crippen LogP contribution in [0.25, 0.3) is 0 Å². The fourth-order valence-corrected chi connectivity index (χ4v) is 3.00. The maximum atomic E-state index is 12.0. The largest absolute Gasteiger partial charge is 0.497 e. The summed E-state index contributed by atoms with van der Waals surface area (Å²) in [5, 5.41) is 11.4. The van der Waals surface area contributed by atoms with Gasteiger partial charge in [-0.2, -0.15) is 0 Å². The maximum absolute atomic E-state index is 12.0. The molecule has 144 valence electrons. The Morgan fingerprint density at radius 1 is 1.15 bits per heavy atom. The minimum atomic E-state index is -3.33. The van der Waals surface area contributed by atoms with Crippen LogP contribution >= 0.6 is 0 Å². The van der Waals surface area contributed by atoms with Crippen LogP contribution in [0.4, 0.5) is 0 Å².